The third kappa shape index (κ3) is 2.24. The van der Waals surface area contributed by atoms with Gasteiger partial charge in [0.1, 0.15) is 5.52 Å². The molecule has 0 fully saturated rings. The van der Waals surface area contributed by atoms with E-state index in [1.807, 2.05) is 35.3 Å². The Balaban J connectivity index is 2.08. The second-order valence-corrected chi connectivity index (χ2v) is 6.66. The molecule has 3 N–H and O–H groups in total. The van der Waals surface area contributed by atoms with Crippen molar-refractivity contribution in [2.75, 3.05) is 6.54 Å². The van der Waals surface area contributed by atoms with Gasteiger partial charge in [-0.2, -0.15) is 5.10 Å². The van der Waals surface area contributed by atoms with Gasteiger partial charge in [-0.25, -0.2) is 0 Å². The van der Waals surface area contributed by atoms with Crippen LogP contribution in [0.4, 0.5) is 0 Å². The number of aryl methyl sites for hydroxylation is 2. The van der Waals surface area contributed by atoms with E-state index < -0.39 is 0 Å². The number of aromatic nitrogens is 4. The molecule has 0 atom stereocenters. The molecule has 0 aliphatic rings. The van der Waals surface area contributed by atoms with Crippen molar-refractivity contribution in [2.24, 2.45) is 5.73 Å². The second kappa shape index (κ2) is 5.85. The zero-order valence-corrected chi connectivity index (χ0v) is 14.1. The normalized spacial score (nSPS) is 11.6. The Bertz CT molecular complexity index is 1080. The maximum Gasteiger partial charge on any atom is 0.262 e. The van der Waals surface area contributed by atoms with Crippen LogP contribution >= 0.6 is 11.3 Å². The van der Waals surface area contributed by atoms with Gasteiger partial charge in [0.05, 0.1) is 21.3 Å². The second-order valence-electron chi connectivity index (χ2n) is 5.77. The number of pyridine rings is 1. The van der Waals surface area contributed by atoms with Gasteiger partial charge < -0.3 is 10.3 Å². The molecular weight excluding hydrogens is 322 g/mol. The number of nitrogens with one attached hydrogen (secondary N) is 1. The first-order valence-electron chi connectivity index (χ1n) is 7.81. The molecule has 0 bridgehead atoms. The van der Waals surface area contributed by atoms with Crippen LogP contribution in [0.3, 0.4) is 0 Å². The summed E-state index contributed by atoms with van der Waals surface area (Å²) < 4.78 is 1.81. The highest BCUT2D eigenvalue weighted by molar-refractivity contribution is 7.13. The molecule has 7 heteroatoms. The van der Waals surface area contributed by atoms with E-state index in [0.29, 0.717) is 18.5 Å². The van der Waals surface area contributed by atoms with Crippen molar-refractivity contribution in [1.29, 1.82) is 0 Å². The molecule has 0 amide bonds. The van der Waals surface area contributed by atoms with Crippen LogP contribution < -0.4 is 11.3 Å². The highest BCUT2D eigenvalue weighted by atomic mass is 32.1. The van der Waals surface area contributed by atoms with Gasteiger partial charge in [-0.1, -0.05) is 6.07 Å². The van der Waals surface area contributed by atoms with E-state index in [0.717, 1.165) is 39.0 Å². The van der Waals surface area contributed by atoms with Gasteiger partial charge in [0.25, 0.3) is 5.56 Å². The van der Waals surface area contributed by atoms with E-state index in [1.165, 1.54) is 0 Å². The van der Waals surface area contributed by atoms with Crippen LogP contribution in [0, 0.1) is 6.92 Å². The maximum absolute atomic E-state index is 12.9. The molecule has 0 saturated heterocycles. The van der Waals surface area contributed by atoms with Gasteiger partial charge in [0.2, 0.25) is 0 Å². The lowest BCUT2D eigenvalue weighted by Gasteiger charge is -2.11. The predicted molar refractivity (Wildman–Crippen MR) is 97.4 cm³/mol. The number of nitrogens with two attached hydrogens (primary N) is 1. The minimum atomic E-state index is -0.0114. The van der Waals surface area contributed by atoms with E-state index in [1.54, 1.807) is 11.3 Å². The Morgan fingerprint density at radius 2 is 2.25 bits per heavy atom. The highest BCUT2D eigenvalue weighted by Crippen LogP contribution is 2.30. The molecule has 3 heterocycles. The zero-order valence-electron chi connectivity index (χ0n) is 13.2. The van der Waals surface area contributed by atoms with Crippen molar-refractivity contribution in [3.63, 3.8) is 0 Å². The minimum absolute atomic E-state index is 0.0114. The van der Waals surface area contributed by atoms with Crippen molar-refractivity contribution < 1.29 is 0 Å². The van der Waals surface area contributed by atoms with Crippen LogP contribution in [0.5, 0.6) is 0 Å². The van der Waals surface area contributed by atoms with Gasteiger partial charge in [-0.3, -0.25) is 14.9 Å². The predicted octanol–water partition coefficient (Wildman–Crippen LogP) is 2.66. The number of H-pyrrole nitrogens is 1. The largest absolute Gasteiger partial charge is 0.330 e. The first kappa shape index (κ1) is 15.0. The van der Waals surface area contributed by atoms with Crippen LogP contribution in [-0.2, 0) is 6.54 Å². The van der Waals surface area contributed by atoms with Crippen molar-refractivity contribution >= 4 is 33.1 Å². The molecule has 0 aliphatic carbocycles. The molecule has 6 nitrogen and oxygen atoms in total. The lowest BCUT2D eigenvalue weighted by molar-refractivity contribution is 0.654. The van der Waals surface area contributed by atoms with Gasteiger partial charge in [0.15, 0.2) is 0 Å². The van der Waals surface area contributed by atoms with Gasteiger partial charge >= 0.3 is 0 Å². The number of aromatic amines is 1. The fraction of sp³-hybridized carbons (Fsp3) is 0.235. The Hall–Kier alpha value is -2.51. The lowest BCUT2D eigenvalue weighted by atomic mass is 10.1. The third-order valence-corrected chi connectivity index (χ3v) is 5.07. The van der Waals surface area contributed by atoms with E-state index in [2.05, 4.69) is 21.2 Å². The van der Waals surface area contributed by atoms with Crippen molar-refractivity contribution in [3.05, 3.63) is 46.0 Å². The van der Waals surface area contributed by atoms with Crippen LogP contribution in [0.2, 0.25) is 0 Å². The molecule has 1 aromatic carbocycles. The Morgan fingerprint density at radius 1 is 1.38 bits per heavy atom. The zero-order chi connectivity index (χ0) is 16.7. The molecule has 122 valence electrons. The summed E-state index contributed by atoms with van der Waals surface area (Å²) in [5.41, 5.74) is 10.9. The summed E-state index contributed by atoms with van der Waals surface area (Å²) in [6.45, 7) is 3.03. The fourth-order valence-electron chi connectivity index (χ4n) is 3.07. The van der Waals surface area contributed by atoms with E-state index >= 15 is 0 Å². The van der Waals surface area contributed by atoms with Crippen LogP contribution in [0.1, 0.15) is 12.1 Å². The van der Waals surface area contributed by atoms with E-state index in [4.69, 9.17) is 5.73 Å². The average molecular weight is 339 g/mol. The van der Waals surface area contributed by atoms with Crippen LogP contribution in [-0.4, -0.2) is 26.3 Å². The summed E-state index contributed by atoms with van der Waals surface area (Å²) in [6, 6.07) is 6.11. The average Bonchev–Trinajstić information content (AvgIpc) is 3.24. The Kier molecular flexibility index (Phi) is 3.66. The van der Waals surface area contributed by atoms with Crippen molar-refractivity contribution in [3.8, 4) is 10.4 Å². The number of hydrogen-bond acceptors (Lipinski definition) is 5. The summed E-state index contributed by atoms with van der Waals surface area (Å²) >= 11 is 1.59. The number of rotatable bonds is 4. The number of nitrogens with zero attached hydrogens (tertiary/aromatic N) is 3. The Labute approximate surface area is 141 Å². The summed E-state index contributed by atoms with van der Waals surface area (Å²) in [7, 11) is 0. The standard InChI is InChI=1S/C17H17N5OS/c1-10-15-16(21-20-10)12-7-11(14-8-19-9-24-14)3-4-13(12)22(17(15)23)6-2-5-18/h3-4,7-9H,2,5-6,18H2,1H3,(H,20,21). The number of hydrogen-bond donors (Lipinski definition) is 2. The number of fused-ring (bicyclic) bond motifs is 3. The topological polar surface area (TPSA) is 89.6 Å². The maximum atomic E-state index is 12.9. The number of thiazole rings is 1. The smallest absolute Gasteiger partial charge is 0.262 e. The quantitative estimate of drug-likeness (QED) is 0.598. The van der Waals surface area contributed by atoms with E-state index in [9.17, 15) is 4.79 Å². The molecule has 0 saturated carbocycles. The monoisotopic (exact) mass is 339 g/mol. The molecule has 0 spiro atoms. The Morgan fingerprint density at radius 3 is 3.00 bits per heavy atom. The molecule has 0 unspecified atom stereocenters. The summed E-state index contributed by atoms with van der Waals surface area (Å²) in [4.78, 5) is 18.1. The van der Waals surface area contributed by atoms with Crippen LogP contribution in [0.15, 0.2) is 34.7 Å². The molecule has 0 radical (unpaired) electrons. The number of benzene rings is 1. The molecule has 24 heavy (non-hydrogen) atoms. The molecule has 4 rings (SSSR count). The first-order valence-corrected chi connectivity index (χ1v) is 8.69. The van der Waals surface area contributed by atoms with Crippen LogP contribution in [0.25, 0.3) is 32.2 Å². The van der Waals surface area contributed by atoms with E-state index in [-0.39, 0.29) is 5.56 Å². The fourth-order valence-corrected chi connectivity index (χ4v) is 3.69. The van der Waals surface area contributed by atoms with Gasteiger partial charge in [0, 0.05) is 23.8 Å². The molecular formula is C17H17N5OS. The molecule has 3 aromatic heterocycles. The van der Waals surface area contributed by atoms with Gasteiger partial charge in [-0.05, 0) is 37.6 Å². The molecule has 4 aromatic rings. The van der Waals surface area contributed by atoms with Gasteiger partial charge in [-0.15, -0.1) is 11.3 Å². The summed E-state index contributed by atoms with van der Waals surface area (Å²) in [5, 5.41) is 8.95. The van der Waals surface area contributed by atoms with Crippen molar-refractivity contribution in [1.82, 2.24) is 19.7 Å². The lowest BCUT2D eigenvalue weighted by Crippen LogP contribution is -2.22. The third-order valence-electron chi connectivity index (χ3n) is 4.25. The highest BCUT2D eigenvalue weighted by Gasteiger charge is 2.16. The summed E-state index contributed by atoms with van der Waals surface area (Å²) in [6.07, 6.45) is 2.61. The van der Waals surface area contributed by atoms with Crippen molar-refractivity contribution in [2.45, 2.75) is 19.9 Å². The first-order chi connectivity index (χ1) is 11.7. The summed E-state index contributed by atoms with van der Waals surface area (Å²) in [5.74, 6) is 0. The molecule has 0 aliphatic heterocycles. The minimum Gasteiger partial charge on any atom is -0.330 e. The SMILES string of the molecule is Cc1[nH]nc2c1c(=O)n(CCCN)c1ccc(-c3cncs3)cc21.